The van der Waals surface area contributed by atoms with E-state index in [4.69, 9.17) is 4.74 Å². The van der Waals surface area contributed by atoms with E-state index in [9.17, 15) is 14.4 Å². The zero-order valence-electron chi connectivity index (χ0n) is 11.9. The van der Waals surface area contributed by atoms with E-state index in [1.807, 2.05) is 6.07 Å². The molecule has 1 N–H and O–H groups in total. The molecule has 21 heavy (non-hydrogen) atoms. The predicted octanol–water partition coefficient (Wildman–Crippen LogP) is 1.28. The van der Waals surface area contributed by atoms with Crippen molar-refractivity contribution in [1.82, 2.24) is 5.32 Å². The molecule has 0 spiro atoms. The van der Waals surface area contributed by atoms with E-state index in [-0.39, 0.29) is 23.8 Å². The van der Waals surface area contributed by atoms with Crippen LogP contribution in [0.3, 0.4) is 0 Å². The van der Waals surface area contributed by atoms with Crippen LogP contribution in [0.2, 0.25) is 0 Å². The molecule has 0 aromatic heterocycles. The number of hydrogen-bond acceptors (Lipinski definition) is 4. The summed E-state index contributed by atoms with van der Waals surface area (Å²) in [6, 6.07) is 5.21. The van der Waals surface area contributed by atoms with Gasteiger partial charge in [-0.3, -0.25) is 14.5 Å². The molecule has 2 heterocycles. The molecule has 0 unspecified atom stereocenters. The van der Waals surface area contributed by atoms with Crippen LogP contribution in [-0.2, 0) is 16.0 Å². The number of ether oxygens (including phenoxy) is 1. The summed E-state index contributed by atoms with van der Waals surface area (Å²) in [6.07, 6.45) is -0.133. The van der Waals surface area contributed by atoms with Gasteiger partial charge in [-0.05, 0) is 37.1 Å². The smallest absolute Gasteiger partial charge is 0.415 e. The first kappa shape index (κ1) is 13.6. The third kappa shape index (κ3) is 2.26. The number of cyclic esters (lactones) is 1. The fourth-order valence-electron chi connectivity index (χ4n) is 2.92. The number of ketones is 1. The number of fused-ring (bicyclic) bond motifs is 3. The molecule has 1 saturated heterocycles. The molecule has 6 heteroatoms. The minimum Gasteiger partial charge on any atom is -0.442 e. The van der Waals surface area contributed by atoms with Gasteiger partial charge in [-0.15, -0.1) is 0 Å². The van der Waals surface area contributed by atoms with Crippen LogP contribution in [0.1, 0.15) is 29.8 Å². The van der Waals surface area contributed by atoms with Gasteiger partial charge in [-0.2, -0.15) is 0 Å². The van der Waals surface area contributed by atoms with Gasteiger partial charge in [-0.25, -0.2) is 4.79 Å². The van der Waals surface area contributed by atoms with Crippen molar-refractivity contribution in [3.05, 3.63) is 29.3 Å². The lowest BCUT2D eigenvalue weighted by Crippen LogP contribution is -2.40. The van der Waals surface area contributed by atoms with Crippen LogP contribution in [-0.4, -0.2) is 36.5 Å². The van der Waals surface area contributed by atoms with Crippen LogP contribution in [0, 0.1) is 0 Å². The molecule has 1 aromatic rings. The fraction of sp³-hybridized carbons (Fsp3) is 0.400. The second-order valence-corrected chi connectivity index (χ2v) is 5.40. The normalized spacial score (nSPS) is 22.6. The van der Waals surface area contributed by atoms with E-state index in [0.29, 0.717) is 18.5 Å². The Labute approximate surface area is 122 Å². The quantitative estimate of drug-likeness (QED) is 0.850. The highest BCUT2D eigenvalue weighted by Crippen LogP contribution is 2.39. The standard InChI is InChI=1S/C15H16N2O4/c1-8(18)10-3-4-12-11(5-10)6-13-14(7-16-9(2)19)21-15(20)17(12)13/h3-5,13-14H,6-7H2,1-2H3,(H,16,19)/t13-,14-/m1/s1. The lowest BCUT2D eigenvalue weighted by atomic mass is 10.0. The van der Waals surface area contributed by atoms with Crippen LogP contribution in [0.25, 0.3) is 0 Å². The van der Waals surface area contributed by atoms with E-state index in [0.717, 1.165) is 11.3 Å². The Morgan fingerprint density at radius 3 is 2.81 bits per heavy atom. The van der Waals surface area contributed by atoms with Crippen molar-refractivity contribution in [2.75, 3.05) is 11.4 Å². The van der Waals surface area contributed by atoms with Crippen LogP contribution in [0.4, 0.5) is 10.5 Å². The first-order valence-electron chi connectivity index (χ1n) is 6.85. The number of carbonyl (C=O) groups excluding carboxylic acids is 3. The topological polar surface area (TPSA) is 75.7 Å². The fourth-order valence-corrected chi connectivity index (χ4v) is 2.92. The summed E-state index contributed by atoms with van der Waals surface area (Å²) >= 11 is 0. The Morgan fingerprint density at radius 2 is 2.14 bits per heavy atom. The molecule has 0 bridgehead atoms. The molecule has 0 saturated carbocycles. The van der Waals surface area contributed by atoms with Crippen molar-refractivity contribution in [3.8, 4) is 0 Å². The number of amides is 2. The van der Waals surface area contributed by atoms with Crippen molar-refractivity contribution in [3.63, 3.8) is 0 Å². The molecular weight excluding hydrogens is 272 g/mol. The van der Waals surface area contributed by atoms with Gasteiger partial charge in [0, 0.05) is 12.5 Å². The molecular formula is C15H16N2O4. The number of benzene rings is 1. The second kappa shape index (κ2) is 4.87. The van der Waals surface area contributed by atoms with Gasteiger partial charge < -0.3 is 10.1 Å². The number of hydrogen-bond donors (Lipinski definition) is 1. The van der Waals surface area contributed by atoms with E-state index in [1.54, 1.807) is 17.0 Å². The van der Waals surface area contributed by atoms with Crippen molar-refractivity contribution in [2.45, 2.75) is 32.4 Å². The van der Waals surface area contributed by atoms with Crippen LogP contribution in [0.15, 0.2) is 18.2 Å². The molecule has 0 aliphatic carbocycles. The van der Waals surface area contributed by atoms with Gasteiger partial charge in [-0.1, -0.05) is 0 Å². The third-order valence-electron chi connectivity index (χ3n) is 3.94. The van der Waals surface area contributed by atoms with Crippen LogP contribution in [0.5, 0.6) is 0 Å². The van der Waals surface area contributed by atoms with Crippen molar-refractivity contribution in [2.24, 2.45) is 0 Å². The number of rotatable bonds is 3. The maximum Gasteiger partial charge on any atom is 0.415 e. The largest absolute Gasteiger partial charge is 0.442 e. The van der Waals surface area contributed by atoms with Crippen molar-refractivity contribution >= 4 is 23.5 Å². The Hall–Kier alpha value is -2.37. The minimum absolute atomic E-state index is 0.00207. The van der Waals surface area contributed by atoms with E-state index in [2.05, 4.69) is 5.32 Å². The van der Waals surface area contributed by atoms with Gasteiger partial charge >= 0.3 is 6.09 Å². The molecule has 1 aromatic carbocycles. The summed E-state index contributed by atoms with van der Waals surface area (Å²) < 4.78 is 5.32. The Morgan fingerprint density at radius 1 is 1.38 bits per heavy atom. The van der Waals surface area contributed by atoms with E-state index >= 15 is 0 Å². The summed E-state index contributed by atoms with van der Waals surface area (Å²) in [5, 5.41) is 2.68. The molecule has 2 atom stereocenters. The second-order valence-electron chi connectivity index (χ2n) is 5.40. The third-order valence-corrected chi connectivity index (χ3v) is 3.94. The number of nitrogens with one attached hydrogen (secondary N) is 1. The zero-order valence-corrected chi connectivity index (χ0v) is 11.9. The summed E-state index contributed by atoms with van der Waals surface area (Å²) in [7, 11) is 0. The Balaban J connectivity index is 1.86. The van der Waals surface area contributed by atoms with Crippen LogP contribution < -0.4 is 10.2 Å². The van der Waals surface area contributed by atoms with Crippen LogP contribution >= 0.6 is 0 Å². The first-order chi connectivity index (χ1) is 9.97. The summed E-state index contributed by atoms with van der Waals surface area (Å²) in [5.41, 5.74) is 2.40. The number of nitrogens with zero attached hydrogens (tertiary/aromatic N) is 1. The lowest BCUT2D eigenvalue weighted by molar-refractivity contribution is -0.119. The molecule has 2 amide bonds. The SMILES string of the molecule is CC(=O)NC[C@H]1OC(=O)N2c3ccc(C(C)=O)cc3C[C@H]12. The maximum atomic E-state index is 12.0. The summed E-state index contributed by atoms with van der Waals surface area (Å²) in [4.78, 5) is 36.1. The first-order valence-corrected chi connectivity index (χ1v) is 6.85. The molecule has 2 aliphatic rings. The van der Waals surface area contributed by atoms with Gasteiger partial charge in [0.05, 0.1) is 18.3 Å². The molecule has 2 aliphatic heterocycles. The highest BCUT2D eigenvalue weighted by molar-refractivity contribution is 5.98. The lowest BCUT2D eigenvalue weighted by Gasteiger charge is -2.16. The minimum atomic E-state index is -0.398. The van der Waals surface area contributed by atoms with Gasteiger partial charge in [0.15, 0.2) is 5.78 Å². The van der Waals surface area contributed by atoms with Crippen molar-refractivity contribution in [1.29, 1.82) is 0 Å². The predicted molar refractivity (Wildman–Crippen MR) is 75.4 cm³/mol. The van der Waals surface area contributed by atoms with Crippen molar-refractivity contribution < 1.29 is 19.1 Å². The summed E-state index contributed by atoms with van der Waals surface area (Å²) in [6.45, 7) is 3.25. The monoisotopic (exact) mass is 288 g/mol. The zero-order chi connectivity index (χ0) is 15.1. The molecule has 0 radical (unpaired) electrons. The van der Waals surface area contributed by atoms with Gasteiger partial charge in [0.2, 0.25) is 5.91 Å². The van der Waals surface area contributed by atoms with E-state index < -0.39 is 6.09 Å². The molecule has 1 fully saturated rings. The number of carbonyl (C=O) groups is 3. The van der Waals surface area contributed by atoms with E-state index in [1.165, 1.54) is 13.8 Å². The molecule has 6 nitrogen and oxygen atoms in total. The number of anilines is 1. The number of Topliss-reactive ketones (excluding diaryl/α,β-unsaturated/α-hetero) is 1. The molecule has 3 rings (SSSR count). The highest BCUT2D eigenvalue weighted by atomic mass is 16.6. The van der Waals surface area contributed by atoms with Gasteiger partial charge in [0.1, 0.15) is 6.10 Å². The maximum absolute atomic E-state index is 12.0. The summed E-state index contributed by atoms with van der Waals surface area (Å²) in [5.74, 6) is -0.152. The Kier molecular flexibility index (Phi) is 3.16. The average molecular weight is 288 g/mol. The Bertz CT molecular complexity index is 641. The average Bonchev–Trinajstić information content (AvgIpc) is 2.93. The molecule has 110 valence electrons. The van der Waals surface area contributed by atoms with Gasteiger partial charge in [0.25, 0.3) is 0 Å². The highest BCUT2D eigenvalue weighted by Gasteiger charge is 2.47.